The molecule has 2 aromatic carbocycles. The van der Waals surface area contributed by atoms with Crippen LogP contribution in [0, 0.1) is 6.85 Å². The molecule has 0 aliphatic carbocycles. The van der Waals surface area contributed by atoms with Crippen molar-refractivity contribution >= 4 is 15.9 Å². The summed E-state index contributed by atoms with van der Waals surface area (Å²) < 4.78 is 22.8. The van der Waals surface area contributed by atoms with Crippen LogP contribution in [0.5, 0.6) is 0 Å². The van der Waals surface area contributed by atoms with Crippen LogP contribution in [-0.2, 0) is 0 Å². The molecule has 0 aliphatic rings. The second-order valence-electron chi connectivity index (χ2n) is 3.06. The number of hydrogen-bond acceptors (Lipinski definition) is 0. The van der Waals surface area contributed by atoms with E-state index in [0.29, 0.717) is 10.0 Å². The Morgan fingerprint density at radius 3 is 2.43 bits per heavy atom. The molecule has 0 aliphatic heterocycles. The molecule has 0 unspecified atom stereocenters. The van der Waals surface area contributed by atoms with E-state index in [2.05, 4.69) is 15.9 Å². The van der Waals surface area contributed by atoms with Crippen molar-refractivity contribution in [2.75, 3.05) is 0 Å². The number of aryl methyl sites for hydroxylation is 1. The van der Waals surface area contributed by atoms with Crippen LogP contribution in [0.2, 0.25) is 0 Å². The second-order valence-corrected chi connectivity index (χ2v) is 3.91. The maximum absolute atomic E-state index is 7.39. The lowest BCUT2D eigenvalue weighted by molar-refractivity contribution is 1.43. The fourth-order valence-electron chi connectivity index (χ4n) is 1.33. The summed E-state index contributed by atoms with van der Waals surface area (Å²) in [5.41, 5.74) is 2.42. The third-order valence-corrected chi connectivity index (χ3v) is 2.73. The van der Waals surface area contributed by atoms with Crippen molar-refractivity contribution in [2.24, 2.45) is 0 Å². The van der Waals surface area contributed by atoms with Gasteiger partial charge in [0, 0.05) is 8.58 Å². The summed E-state index contributed by atoms with van der Waals surface area (Å²) in [6.45, 7) is -2.08. The molecule has 2 rings (SSSR count). The predicted molar refractivity (Wildman–Crippen MR) is 64.3 cm³/mol. The van der Waals surface area contributed by atoms with Gasteiger partial charge in [-0.1, -0.05) is 58.4 Å². The van der Waals surface area contributed by atoms with E-state index >= 15 is 0 Å². The Kier molecular flexibility index (Phi) is 1.82. The lowest BCUT2D eigenvalue weighted by Gasteiger charge is -2.03. The third kappa shape index (κ3) is 1.88. The minimum Gasteiger partial charge on any atom is -0.0622 e. The molecule has 0 atom stereocenters. The van der Waals surface area contributed by atoms with E-state index in [4.69, 9.17) is 4.11 Å². The summed E-state index contributed by atoms with van der Waals surface area (Å²) in [6.07, 6.45) is 0. The van der Waals surface area contributed by atoms with Crippen LogP contribution >= 0.6 is 15.9 Å². The van der Waals surface area contributed by atoms with Crippen molar-refractivity contribution in [2.45, 2.75) is 6.85 Å². The zero-order valence-corrected chi connectivity index (χ0v) is 9.08. The number of hydrogen-bond donors (Lipinski definition) is 0. The first-order chi connectivity index (χ1) is 7.98. The minimum atomic E-state index is -2.08. The summed E-state index contributed by atoms with van der Waals surface area (Å²) in [5.74, 6) is 0. The Labute approximate surface area is 96.9 Å². The average molecular weight is 250 g/mol. The molecule has 0 spiro atoms. The van der Waals surface area contributed by atoms with E-state index in [1.54, 1.807) is 6.07 Å². The van der Waals surface area contributed by atoms with Crippen LogP contribution in [-0.4, -0.2) is 0 Å². The van der Waals surface area contributed by atoms with Gasteiger partial charge in [0.1, 0.15) is 0 Å². The fourth-order valence-corrected chi connectivity index (χ4v) is 1.70. The first-order valence-electron chi connectivity index (χ1n) is 5.84. The van der Waals surface area contributed by atoms with Gasteiger partial charge >= 0.3 is 0 Å². The molecule has 0 heterocycles. The maximum Gasteiger partial charge on any atom is 0.0280 e. The van der Waals surface area contributed by atoms with Crippen molar-refractivity contribution in [1.82, 2.24) is 0 Å². The van der Waals surface area contributed by atoms with Gasteiger partial charge < -0.3 is 0 Å². The standard InChI is InChI=1S/C13H11Br/c1-10-7-8-12(9-13(10)14)11-5-3-2-4-6-11/h2-9H,1H3/i1D3. The quantitative estimate of drug-likeness (QED) is 0.702. The zero-order chi connectivity index (χ0) is 12.5. The van der Waals surface area contributed by atoms with Gasteiger partial charge in [0.25, 0.3) is 0 Å². The first kappa shape index (κ1) is 6.41. The number of rotatable bonds is 1. The summed E-state index contributed by atoms with van der Waals surface area (Å²) in [7, 11) is 0. The van der Waals surface area contributed by atoms with E-state index < -0.39 is 6.85 Å². The van der Waals surface area contributed by atoms with Gasteiger partial charge in [-0.05, 0) is 29.6 Å². The van der Waals surface area contributed by atoms with Crippen LogP contribution in [0.3, 0.4) is 0 Å². The maximum atomic E-state index is 7.39. The monoisotopic (exact) mass is 249 g/mol. The van der Waals surface area contributed by atoms with Crippen LogP contribution in [0.25, 0.3) is 11.1 Å². The summed E-state index contributed by atoms with van der Waals surface area (Å²) in [5, 5.41) is 0. The Morgan fingerprint density at radius 2 is 1.79 bits per heavy atom. The molecule has 1 heteroatoms. The Hall–Kier alpha value is -1.08. The number of benzene rings is 2. The molecule has 0 saturated carbocycles. The van der Waals surface area contributed by atoms with Crippen molar-refractivity contribution in [1.29, 1.82) is 0 Å². The van der Waals surface area contributed by atoms with Gasteiger partial charge in [0.05, 0.1) is 0 Å². The van der Waals surface area contributed by atoms with Crippen molar-refractivity contribution in [3.8, 4) is 11.1 Å². The van der Waals surface area contributed by atoms with Crippen molar-refractivity contribution in [3.05, 3.63) is 58.6 Å². The normalized spacial score (nSPS) is 14.2. The predicted octanol–water partition coefficient (Wildman–Crippen LogP) is 4.42. The molecule has 0 saturated heterocycles. The zero-order valence-electron chi connectivity index (χ0n) is 10.5. The Bertz CT molecular complexity index is 518. The molecule has 0 fully saturated rings. The first-order valence-corrected chi connectivity index (χ1v) is 5.13. The fraction of sp³-hybridized carbons (Fsp3) is 0.0769. The third-order valence-electron chi connectivity index (χ3n) is 2.08. The molecule has 70 valence electrons. The van der Waals surface area contributed by atoms with E-state index in [1.165, 1.54) is 0 Å². The largest absolute Gasteiger partial charge is 0.0622 e. The molecule has 0 nitrogen and oxygen atoms in total. The van der Waals surface area contributed by atoms with Crippen molar-refractivity contribution < 1.29 is 4.11 Å². The highest BCUT2D eigenvalue weighted by Crippen LogP contribution is 2.25. The topological polar surface area (TPSA) is 0 Å². The molecule has 0 radical (unpaired) electrons. The molecular formula is C13H11Br. The summed E-state index contributed by atoms with van der Waals surface area (Å²) in [6, 6.07) is 15.2. The van der Waals surface area contributed by atoms with Gasteiger partial charge in [0.15, 0.2) is 0 Å². The number of halogens is 1. The summed E-state index contributed by atoms with van der Waals surface area (Å²) in [4.78, 5) is 0. The lowest BCUT2D eigenvalue weighted by Crippen LogP contribution is -1.79. The van der Waals surface area contributed by atoms with Crippen LogP contribution in [0.4, 0.5) is 0 Å². The minimum absolute atomic E-state index is 0.345. The van der Waals surface area contributed by atoms with Gasteiger partial charge in [-0.15, -0.1) is 0 Å². The van der Waals surface area contributed by atoms with Crippen LogP contribution in [0.15, 0.2) is 53.0 Å². The molecule has 0 N–H and O–H groups in total. The second kappa shape index (κ2) is 3.97. The SMILES string of the molecule is [2H]C([2H])([2H])c1ccc(-c2ccccc2)cc1Br. The highest BCUT2D eigenvalue weighted by atomic mass is 79.9. The average Bonchev–Trinajstić information content (AvgIpc) is 2.28. The highest BCUT2D eigenvalue weighted by molar-refractivity contribution is 9.10. The highest BCUT2D eigenvalue weighted by Gasteiger charge is 1.98. The molecule has 2 aromatic rings. The van der Waals surface area contributed by atoms with E-state index in [0.717, 1.165) is 11.1 Å². The van der Waals surface area contributed by atoms with E-state index in [-0.39, 0.29) is 0 Å². The van der Waals surface area contributed by atoms with Gasteiger partial charge in [0.2, 0.25) is 0 Å². The Morgan fingerprint density at radius 1 is 1.00 bits per heavy atom. The molecule has 0 aromatic heterocycles. The van der Waals surface area contributed by atoms with Crippen LogP contribution in [0.1, 0.15) is 9.68 Å². The Balaban J connectivity index is 2.45. The van der Waals surface area contributed by atoms with Gasteiger partial charge in [-0.2, -0.15) is 0 Å². The molecule has 0 bridgehead atoms. The van der Waals surface area contributed by atoms with Gasteiger partial charge in [-0.3, -0.25) is 0 Å². The molecule has 0 amide bonds. The smallest absolute Gasteiger partial charge is 0.0280 e. The van der Waals surface area contributed by atoms with Crippen LogP contribution < -0.4 is 0 Å². The molecule has 14 heavy (non-hydrogen) atoms. The summed E-state index contributed by atoms with van der Waals surface area (Å²) >= 11 is 3.32. The molecular weight excluding hydrogens is 236 g/mol. The van der Waals surface area contributed by atoms with Gasteiger partial charge in [-0.25, -0.2) is 0 Å². The lowest BCUT2D eigenvalue weighted by atomic mass is 10.0. The van der Waals surface area contributed by atoms with E-state index in [1.807, 2.05) is 42.5 Å². The van der Waals surface area contributed by atoms with Crippen molar-refractivity contribution in [3.63, 3.8) is 0 Å². The van der Waals surface area contributed by atoms with E-state index in [9.17, 15) is 0 Å².